The third-order valence-corrected chi connectivity index (χ3v) is 6.30. The number of benzene rings is 1. The Balaban J connectivity index is 1.46. The van der Waals surface area contributed by atoms with Crippen molar-refractivity contribution in [2.75, 3.05) is 35.6 Å². The quantitative estimate of drug-likeness (QED) is 0.889. The Morgan fingerprint density at radius 3 is 2.71 bits per heavy atom. The summed E-state index contributed by atoms with van der Waals surface area (Å²) in [6.45, 7) is 2.55. The maximum absolute atomic E-state index is 12.0. The van der Waals surface area contributed by atoms with E-state index in [2.05, 4.69) is 32.3 Å². The van der Waals surface area contributed by atoms with E-state index in [-0.39, 0.29) is 0 Å². The molecule has 1 atom stereocenters. The zero-order valence-corrected chi connectivity index (χ0v) is 14.8. The molecule has 2 aliphatic heterocycles. The molecule has 7 heteroatoms. The van der Waals surface area contributed by atoms with E-state index in [1.54, 1.807) is 6.20 Å². The van der Waals surface area contributed by atoms with Gasteiger partial charge in [-0.1, -0.05) is 23.7 Å². The van der Waals surface area contributed by atoms with Gasteiger partial charge in [0.2, 0.25) is 5.95 Å². The molecule has 5 nitrogen and oxygen atoms in total. The number of halogens is 1. The van der Waals surface area contributed by atoms with Crippen molar-refractivity contribution in [2.24, 2.45) is 0 Å². The monoisotopic (exact) mass is 362 g/mol. The lowest BCUT2D eigenvalue weighted by molar-refractivity contribution is 0.499. The van der Waals surface area contributed by atoms with Crippen molar-refractivity contribution in [3.8, 4) is 0 Å². The van der Waals surface area contributed by atoms with Crippen LogP contribution in [-0.2, 0) is 10.8 Å². The summed E-state index contributed by atoms with van der Waals surface area (Å²) < 4.78 is 12.0. The number of aromatic nitrogens is 2. The van der Waals surface area contributed by atoms with E-state index in [0.717, 1.165) is 47.6 Å². The molecular weight excluding hydrogens is 344 g/mol. The van der Waals surface area contributed by atoms with Gasteiger partial charge in [-0.25, -0.2) is 4.98 Å². The molecule has 3 heterocycles. The van der Waals surface area contributed by atoms with Gasteiger partial charge in [-0.3, -0.25) is 4.21 Å². The summed E-state index contributed by atoms with van der Waals surface area (Å²) in [4.78, 5) is 12.0. The minimum absolute atomic E-state index is 0.557. The molecule has 0 spiro atoms. The molecule has 0 aliphatic carbocycles. The second-order valence-electron chi connectivity index (χ2n) is 6.17. The number of nitrogens with one attached hydrogen (secondary N) is 1. The molecule has 1 saturated heterocycles. The molecule has 0 amide bonds. The first-order valence-electron chi connectivity index (χ1n) is 8.20. The van der Waals surface area contributed by atoms with Crippen molar-refractivity contribution in [1.82, 2.24) is 9.97 Å². The van der Waals surface area contributed by atoms with Crippen LogP contribution in [0.3, 0.4) is 0 Å². The molecule has 2 aliphatic rings. The highest BCUT2D eigenvalue weighted by Crippen LogP contribution is 2.31. The summed E-state index contributed by atoms with van der Waals surface area (Å²) in [7, 11) is -0.978. The van der Waals surface area contributed by atoms with Crippen molar-refractivity contribution >= 4 is 34.2 Å². The normalized spacial score (nSPS) is 21.2. The number of rotatable bonds is 2. The van der Waals surface area contributed by atoms with Crippen molar-refractivity contribution in [3.05, 3.63) is 41.0 Å². The Hall–Kier alpha value is -1.66. The van der Waals surface area contributed by atoms with E-state index < -0.39 is 10.8 Å². The third-order valence-electron chi connectivity index (χ3n) is 4.69. The minimum Gasteiger partial charge on any atom is -0.368 e. The van der Waals surface area contributed by atoms with Gasteiger partial charge in [0.1, 0.15) is 5.82 Å². The van der Waals surface area contributed by atoms with E-state index in [9.17, 15) is 4.21 Å². The van der Waals surface area contributed by atoms with Crippen LogP contribution in [-0.4, -0.2) is 39.6 Å². The van der Waals surface area contributed by atoms with Gasteiger partial charge in [0.25, 0.3) is 0 Å². The van der Waals surface area contributed by atoms with E-state index in [4.69, 9.17) is 11.6 Å². The lowest BCUT2D eigenvalue weighted by atomic mass is 9.90. The fraction of sp³-hybridized carbons (Fsp3) is 0.412. The zero-order chi connectivity index (χ0) is 16.5. The molecule has 1 fully saturated rings. The Kier molecular flexibility index (Phi) is 4.41. The van der Waals surface area contributed by atoms with E-state index >= 15 is 0 Å². The van der Waals surface area contributed by atoms with Crippen molar-refractivity contribution in [1.29, 1.82) is 0 Å². The topological polar surface area (TPSA) is 58.1 Å². The molecular formula is C17H19ClN4OS. The molecule has 0 bridgehead atoms. The van der Waals surface area contributed by atoms with Crippen LogP contribution >= 0.6 is 11.6 Å². The van der Waals surface area contributed by atoms with E-state index in [0.29, 0.717) is 18.2 Å². The van der Waals surface area contributed by atoms with Crippen LogP contribution in [0.1, 0.15) is 24.3 Å². The van der Waals surface area contributed by atoms with Crippen molar-refractivity contribution in [2.45, 2.75) is 23.7 Å². The Labute approximate surface area is 148 Å². The predicted octanol–water partition coefficient (Wildman–Crippen LogP) is 3.05. The van der Waals surface area contributed by atoms with Crippen LogP contribution in [0.5, 0.6) is 0 Å². The van der Waals surface area contributed by atoms with E-state index in [1.165, 1.54) is 5.56 Å². The standard InChI is InChI=1S/C17H19ClN4OS/c18-14-3-1-12(2-4-14)13-5-8-22(9-6-13)17-20-11-15-16(21-17)19-7-10-24(15)23/h1-4,11,13H,5-10H2,(H,19,20,21)/t24-/m0/s1. The molecule has 24 heavy (non-hydrogen) atoms. The fourth-order valence-corrected chi connectivity index (χ4v) is 4.46. The molecule has 0 radical (unpaired) electrons. The molecule has 1 aromatic heterocycles. The summed E-state index contributed by atoms with van der Waals surface area (Å²) in [6, 6.07) is 8.16. The van der Waals surface area contributed by atoms with Crippen LogP contribution in [0.25, 0.3) is 0 Å². The number of piperidine rings is 1. The first-order valence-corrected chi connectivity index (χ1v) is 9.90. The maximum Gasteiger partial charge on any atom is 0.227 e. The first kappa shape index (κ1) is 15.8. The summed E-state index contributed by atoms with van der Waals surface area (Å²) in [6.07, 6.45) is 3.86. The third kappa shape index (κ3) is 3.13. The predicted molar refractivity (Wildman–Crippen MR) is 97.4 cm³/mol. The molecule has 0 unspecified atom stereocenters. The molecule has 0 saturated carbocycles. The van der Waals surface area contributed by atoms with Gasteiger partial charge in [-0.2, -0.15) is 4.98 Å². The summed E-state index contributed by atoms with van der Waals surface area (Å²) in [5.74, 6) is 2.64. The average molecular weight is 363 g/mol. The summed E-state index contributed by atoms with van der Waals surface area (Å²) >= 11 is 5.97. The SMILES string of the molecule is O=[S@]1CCNc2nc(N3CCC(c4ccc(Cl)cc4)CC3)ncc21. The smallest absolute Gasteiger partial charge is 0.227 e. The number of nitrogens with zero attached hydrogens (tertiary/aromatic N) is 3. The first-order chi connectivity index (χ1) is 11.7. The highest BCUT2D eigenvalue weighted by atomic mass is 35.5. The van der Waals surface area contributed by atoms with Gasteiger partial charge < -0.3 is 10.2 Å². The number of anilines is 2. The summed E-state index contributed by atoms with van der Waals surface area (Å²) in [5, 5.41) is 4.01. The van der Waals surface area contributed by atoms with E-state index in [1.807, 2.05) is 12.1 Å². The lowest BCUT2D eigenvalue weighted by Crippen LogP contribution is -2.34. The average Bonchev–Trinajstić information content (AvgIpc) is 2.62. The molecule has 126 valence electrons. The van der Waals surface area contributed by atoms with Gasteiger partial charge in [-0.05, 0) is 36.5 Å². The lowest BCUT2D eigenvalue weighted by Gasteiger charge is -2.32. The number of hydrogen-bond acceptors (Lipinski definition) is 5. The van der Waals surface area contributed by atoms with Gasteiger partial charge in [0.05, 0.1) is 21.9 Å². The van der Waals surface area contributed by atoms with Gasteiger partial charge in [0, 0.05) is 30.4 Å². The highest BCUT2D eigenvalue weighted by Gasteiger charge is 2.24. The highest BCUT2D eigenvalue weighted by molar-refractivity contribution is 7.85. The zero-order valence-electron chi connectivity index (χ0n) is 13.2. The molecule has 4 rings (SSSR count). The molecule has 2 aromatic rings. The van der Waals surface area contributed by atoms with Crippen molar-refractivity contribution < 1.29 is 4.21 Å². The van der Waals surface area contributed by atoms with Gasteiger partial charge in [0.15, 0.2) is 0 Å². The summed E-state index contributed by atoms with van der Waals surface area (Å²) in [5.41, 5.74) is 1.35. The fourth-order valence-electron chi connectivity index (χ4n) is 3.33. The van der Waals surface area contributed by atoms with Crippen LogP contribution in [0.4, 0.5) is 11.8 Å². The van der Waals surface area contributed by atoms with Crippen molar-refractivity contribution in [3.63, 3.8) is 0 Å². The molecule has 1 aromatic carbocycles. The number of hydrogen-bond donors (Lipinski definition) is 1. The van der Waals surface area contributed by atoms with Crippen LogP contribution < -0.4 is 10.2 Å². The maximum atomic E-state index is 12.0. The van der Waals surface area contributed by atoms with Crippen LogP contribution in [0.2, 0.25) is 5.02 Å². The van der Waals surface area contributed by atoms with Gasteiger partial charge in [-0.15, -0.1) is 0 Å². The van der Waals surface area contributed by atoms with Gasteiger partial charge >= 0.3 is 0 Å². The minimum atomic E-state index is -0.978. The Morgan fingerprint density at radius 1 is 1.21 bits per heavy atom. The Morgan fingerprint density at radius 2 is 1.96 bits per heavy atom. The van der Waals surface area contributed by atoms with Crippen LogP contribution in [0, 0.1) is 0 Å². The van der Waals surface area contributed by atoms with Crippen LogP contribution in [0.15, 0.2) is 35.4 Å². The Bertz CT molecular complexity index is 760. The molecule has 1 N–H and O–H groups in total. The largest absolute Gasteiger partial charge is 0.368 e. The second-order valence-corrected chi connectivity index (χ2v) is 8.15. The second kappa shape index (κ2) is 6.69. The number of fused-ring (bicyclic) bond motifs is 1.